The van der Waals surface area contributed by atoms with Crippen LogP contribution >= 0.6 is 0 Å². The Hall–Kier alpha value is -0.120. The second-order valence-electron chi connectivity index (χ2n) is 3.58. The summed E-state index contributed by atoms with van der Waals surface area (Å²) in [4.78, 5) is 0. The molecule has 3 heteroatoms. The van der Waals surface area contributed by atoms with Crippen molar-refractivity contribution in [3.8, 4) is 0 Å². The van der Waals surface area contributed by atoms with E-state index < -0.39 is 0 Å². The van der Waals surface area contributed by atoms with Gasteiger partial charge in [0.1, 0.15) is 0 Å². The van der Waals surface area contributed by atoms with Crippen LogP contribution < -0.4 is 5.32 Å². The summed E-state index contributed by atoms with van der Waals surface area (Å²) in [5.41, 5.74) is 0. The minimum absolute atomic E-state index is 0.810. The maximum Gasteiger partial charge on any atom is 0.0487 e. The number of ether oxygens (including phenoxy) is 2. The van der Waals surface area contributed by atoms with Gasteiger partial charge in [0.2, 0.25) is 0 Å². The Morgan fingerprint density at radius 1 is 0.800 bits per heavy atom. The standard InChI is InChI=1S/C12H27NO2/c1-3-13-9-6-5-7-10-15-12-8-11-14-4-2/h13H,3-12H2,1-2H3. The van der Waals surface area contributed by atoms with Crippen LogP contribution in [-0.2, 0) is 9.47 Å². The molecule has 0 spiro atoms. The maximum atomic E-state index is 5.49. The molecule has 0 aromatic rings. The fourth-order valence-electron chi connectivity index (χ4n) is 1.32. The zero-order valence-corrected chi connectivity index (χ0v) is 10.4. The Labute approximate surface area is 94.5 Å². The van der Waals surface area contributed by atoms with Crippen molar-refractivity contribution in [2.24, 2.45) is 0 Å². The zero-order chi connectivity index (χ0) is 11.2. The van der Waals surface area contributed by atoms with Gasteiger partial charge in [-0.3, -0.25) is 0 Å². The Bertz CT molecular complexity index is 97.8. The number of hydrogen-bond donors (Lipinski definition) is 1. The quantitative estimate of drug-likeness (QED) is 0.508. The van der Waals surface area contributed by atoms with Gasteiger partial charge in [0.25, 0.3) is 0 Å². The fourth-order valence-corrected chi connectivity index (χ4v) is 1.32. The molecule has 1 N–H and O–H groups in total. The number of unbranched alkanes of at least 4 members (excludes halogenated alkanes) is 2. The van der Waals surface area contributed by atoms with Crippen LogP contribution in [-0.4, -0.2) is 39.5 Å². The average molecular weight is 217 g/mol. The summed E-state index contributed by atoms with van der Waals surface area (Å²) in [5, 5.41) is 3.32. The molecule has 0 atom stereocenters. The molecular weight excluding hydrogens is 190 g/mol. The van der Waals surface area contributed by atoms with Crippen LogP contribution in [0.25, 0.3) is 0 Å². The monoisotopic (exact) mass is 217 g/mol. The van der Waals surface area contributed by atoms with Crippen LogP contribution in [0.3, 0.4) is 0 Å². The van der Waals surface area contributed by atoms with Crippen LogP contribution in [0.5, 0.6) is 0 Å². The zero-order valence-electron chi connectivity index (χ0n) is 10.4. The molecule has 0 aliphatic heterocycles. The molecule has 0 amide bonds. The Morgan fingerprint density at radius 3 is 2.27 bits per heavy atom. The van der Waals surface area contributed by atoms with Gasteiger partial charge >= 0.3 is 0 Å². The molecule has 0 fully saturated rings. The lowest BCUT2D eigenvalue weighted by molar-refractivity contribution is 0.0861. The van der Waals surface area contributed by atoms with Crippen molar-refractivity contribution in [2.75, 3.05) is 39.5 Å². The van der Waals surface area contributed by atoms with Crippen LogP contribution in [0.4, 0.5) is 0 Å². The third-order valence-corrected chi connectivity index (χ3v) is 2.17. The average Bonchev–Trinajstić information content (AvgIpc) is 2.26. The molecule has 0 saturated carbocycles. The number of hydrogen-bond acceptors (Lipinski definition) is 3. The Morgan fingerprint density at radius 2 is 1.53 bits per heavy atom. The molecule has 0 aliphatic carbocycles. The summed E-state index contributed by atoms with van der Waals surface area (Å²) >= 11 is 0. The summed E-state index contributed by atoms with van der Waals surface area (Å²) in [5.74, 6) is 0. The molecule has 3 nitrogen and oxygen atoms in total. The number of rotatable bonds is 12. The summed E-state index contributed by atoms with van der Waals surface area (Å²) in [6, 6.07) is 0. The van der Waals surface area contributed by atoms with E-state index in [1.165, 1.54) is 19.3 Å². The summed E-state index contributed by atoms with van der Waals surface area (Å²) < 4.78 is 10.7. The molecule has 0 rings (SSSR count). The molecule has 15 heavy (non-hydrogen) atoms. The van der Waals surface area contributed by atoms with Crippen molar-refractivity contribution in [3.63, 3.8) is 0 Å². The van der Waals surface area contributed by atoms with Crippen molar-refractivity contribution in [1.29, 1.82) is 0 Å². The van der Waals surface area contributed by atoms with E-state index >= 15 is 0 Å². The summed E-state index contributed by atoms with van der Waals surface area (Å²) in [6.07, 6.45) is 4.72. The first-order chi connectivity index (χ1) is 7.41. The second kappa shape index (κ2) is 13.9. The van der Waals surface area contributed by atoms with E-state index in [1.54, 1.807) is 0 Å². The van der Waals surface area contributed by atoms with Crippen molar-refractivity contribution >= 4 is 0 Å². The van der Waals surface area contributed by atoms with Gasteiger partial charge in [-0.05, 0) is 45.7 Å². The van der Waals surface area contributed by atoms with E-state index in [9.17, 15) is 0 Å². The first-order valence-corrected chi connectivity index (χ1v) is 6.28. The predicted octanol–water partition coefficient (Wildman–Crippen LogP) is 2.21. The Balaban J connectivity index is 2.81. The van der Waals surface area contributed by atoms with Crippen molar-refractivity contribution < 1.29 is 9.47 Å². The van der Waals surface area contributed by atoms with E-state index in [0.29, 0.717) is 0 Å². The summed E-state index contributed by atoms with van der Waals surface area (Å²) in [7, 11) is 0. The van der Waals surface area contributed by atoms with Gasteiger partial charge < -0.3 is 14.8 Å². The van der Waals surface area contributed by atoms with Crippen molar-refractivity contribution in [3.05, 3.63) is 0 Å². The smallest absolute Gasteiger partial charge is 0.0487 e. The van der Waals surface area contributed by atoms with Crippen LogP contribution in [0.1, 0.15) is 39.5 Å². The highest BCUT2D eigenvalue weighted by Crippen LogP contribution is 1.95. The highest BCUT2D eigenvalue weighted by molar-refractivity contribution is 4.46. The largest absolute Gasteiger partial charge is 0.382 e. The highest BCUT2D eigenvalue weighted by atomic mass is 16.5. The molecule has 92 valence electrons. The number of nitrogens with one attached hydrogen (secondary N) is 1. The summed E-state index contributed by atoms with van der Waals surface area (Å²) in [6.45, 7) is 9.76. The predicted molar refractivity (Wildman–Crippen MR) is 64.3 cm³/mol. The fraction of sp³-hybridized carbons (Fsp3) is 1.00. The molecule has 0 aromatic heterocycles. The van der Waals surface area contributed by atoms with Crippen LogP contribution in [0.15, 0.2) is 0 Å². The van der Waals surface area contributed by atoms with E-state index in [2.05, 4.69) is 12.2 Å². The van der Waals surface area contributed by atoms with Gasteiger partial charge in [-0.2, -0.15) is 0 Å². The third kappa shape index (κ3) is 13.9. The van der Waals surface area contributed by atoms with Crippen LogP contribution in [0, 0.1) is 0 Å². The van der Waals surface area contributed by atoms with E-state index in [-0.39, 0.29) is 0 Å². The minimum atomic E-state index is 0.810. The van der Waals surface area contributed by atoms with Gasteiger partial charge in [0.15, 0.2) is 0 Å². The molecule has 0 saturated heterocycles. The van der Waals surface area contributed by atoms with E-state index in [0.717, 1.165) is 45.9 Å². The lowest BCUT2D eigenvalue weighted by atomic mass is 10.2. The van der Waals surface area contributed by atoms with Crippen LogP contribution in [0.2, 0.25) is 0 Å². The van der Waals surface area contributed by atoms with Gasteiger partial charge in [-0.1, -0.05) is 6.92 Å². The minimum Gasteiger partial charge on any atom is -0.382 e. The molecule has 0 aromatic carbocycles. The van der Waals surface area contributed by atoms with E-state index in [4.69, 9.17) is 9.47 Å². The molecule has 0 heterocycles. The Kier molecular flexibility index (Phi) is 13.8. The van der Waals surface area contributed by atoms with E-state index in [1.807, 2.05) is 6.92 Å². The van der Waals surface area contributed by atoms with Gasteiger partial charge in [-0.25, -0.2) is 0 Å². The molecule has 0 aliphatic rings. The second-order valence-corrected chi connectivity index (χ2v) is 3.58. The third-order valence-electron chi connectivity index (χ3n) is 2.17. The topological polar surface area (TPSA) is 30.5 Å². The van der Waals surface area contributed by atoms with Gasteiger partial charge in [-0.15, -0.1) is 0 Å². The molecule has 0 bridgehead atoms. The maximum absolute atomic E-state index is 5.49. The van der Waals surface area contributed by atoms with Crippen molar-refractivity contribution in [1.82, 2.24) is 5.32 Å². The SMILES string of the molecule is CCNCCCCCOCCCOCC. The molecular formula is C12H27NO2. The normalized spacial score (nSPS) is 10.8. The first-order valence-electron chi connectivity index (χ1n) is 6.28. The lowest BCUT2D eigenvalue weighted by Crippen LogP contribution is -2.13. The first kappa shape index (κ1) is 14.9. The molecule has 0 unspecified atom stereocenters. The molecule has 0 radical (unpaired) electrons. The van der Waals surface area contributed by atoms with Gasteiger partial charge in [0.05, 0.1) is 0 Å². The van der Waals surface area contributed by atoms with Crippen molar-refractivity contribution in [2.45, 2.75) is 39.5 Å². The van der Waals surface area contributed by atoms with Gasteiger partial charge in [0, 0.05) is 26.4 Å². The lowest BCUT2D eigenvalue weighted by Gasteiger charge is -2.04. The highest BCUT2D eigenvalue weighted by Gasteiger charge is 1.91.